The molecular formula is C28H42O2Si2. The Morgan fingerprint density at radius 2 is 1.28 bits per heavy atom. The fraction of sp³-hybridized carbons (Fsp3) is 0.429. The third-order valence-corrected chi connectivity index (χ3v) is 15.9. The molecule has 174 valence electrons. The molecule has 2 aromatic rings. The first-order chi connectivity index (χ1) is 14.8. The minimum absolute atomic E-state index is 0.00549. The lowest BCUT2D eigenvalue weighted by Gasteiger charge is -2.43. The van der Waals surface area contributed by atoms with E-state index in [4.69, 9.17) is 8.85 Å². The third kappa shape index (κ3) is 6.12. The van der Waals surface area contributed by atoms with Gasteiger partial charge in [-0.1, -0.05) is 115 Å². The van der Waals surface area contributed by atoms with Crippen molar-refractivity contribution in [1.29, 1.82) is 0 Å². The first-order valence-electron chi connectivity index (χ1n) is 11.6. The molecule has 4 heteroatoms. The molecule has 0 saturated heterocycles. The highest BCUT2D eigenvalue weighted by molar-refractivity contribution is 6.99. The van der Waals surface area contributed by atoms with Crippen molar-refractivity contribution in [1.82, 2.24) is 0 Å². The summed E-state index contributed by atoms with van der Waals surface area (Å²) in [4.78, 5) is 0. The monoisotopic (exact) mass is 466 g/mol. The van der Waals surface area contributed by atoms with Gasteiger partial charge in [-0.15, -0.1) is 0 Å². The Morgan fingerprint density at radius 1 is 0.812 bits per heavy atom. The fourth-order valence-electron chi connectivity index (χ4n) is 3.77. The van der Waals surface area contributed by atoms with Crippen LogP contribution in [0.15, 0.2) is 85.2 Å². The van der Waals surface area contributed by atoms with Gasteiger partial charge < -0.3 is 8.85 Å². The predicted molar refractivity (Wildman–Crippen MR) is 145 cm³/mol. The summed E-state index contributed by atoms with van der Waals surface area (Å²) >= 11 is 0. The summed E-state index contributed by atoms with van der Waals surface area (Å²) in [6.07, 6.45) is 4.97. The minimum atomic E-state index is -2.47. The summed E-state index contributed by atoms with van der Waals surface area (Å²) in [5.41, 5.74) is 0. The van der Waals surface area contributed by atoms with E-state index in [1.807, 2.05) is 6.08 Å². The van der Waals surface area contributed by atoms with Crippen LogP contribution in [0.4, 0.5) is 0 Å². The topological polar surface area (TPSA) is 18.5 Å². The Labute approximate surface area is 198 Å². The van der Waals surface area contributed by atoms with Crippen LogP contribution < -0.4 is 10.4 Å². The van der Waals surface area contributed by atoms with E-state index in [9.17, 15) is 0 Å². The first-order valence-corrected chi connectivity index (χ1v) is 16.4. The normalized spacial score (nSPS) is 13.4. The van der Waals surface area contributed by atoms with Crippen molar-refractivity contribution in [3.63, 3.8) is 0 Å². The average molecular weight is 467 g/mol. The molecule has 0 saturated carbocycles. The number of hydrogen-bond acceptors (Lipinski definition) is 2. The van der Waals surface area contributed by atoms with Gasteiger partial charge in [0, 0.05) is 6.61 Å². The maximum Gasteiger partial charge on any atom is 0.261 e. The molecule has 0 amide bonds. The quantitative estimate of drug-likeness (QED) is 0.171. The second-order valence-corrected chi connectivity index (χ2v) is 20.1. The van der Waals surface area contributed by atoms with E-state index in [1.165, 1.54) is 10.4 Å². The lowest BCUT2D eigenvalue weighted by atomic mass is 10.2. The van der Waals surface area contributed by atoms with Crippen molar-refractivity contribution >= 4 is 27.0 Å². The molecule has 0 spiro atoms. The first kappa shape index (κ1) is 26.4. The summed E-state index contributed by atoms with van der Waals surface area (Å²) in [6, 6.07) is 21.6. The van der Waals surface area contributed by atoms with Gasteiger partial charge in [-0.05, 0) is 46.0 Å². The number of benzene rings is 2. The van der Waals surface area contributed by atoms with Crippen LogP contribution in [0.3, 0.4) is 0 Å². The van der Waals surface area contributed by atoms with E-state index in [2.05, 4.69) is 128 Å². The average Bonchev–Trinajstić information content (AvgIpc) is 2.70. The zero-order valence-corrected chi connectivity index (χ0v) is 23.4. The number of rotatable bonds is 9. The van der Waals surface area contributed by atoms with E-state index in [0.717, 1.165) is 12.2 Å². The highest BCUT2D eigenvalue weighted by Gasteiger charge is 2.49. The maximum atomic E-state index is 6.93. The molecule has 0 radical (unpaired) electrons. The van der Waals surface area contributed by atoms with Crippen LogP contribution in [-0.4, -0.2) is 23.2 Å². The third-order valence-electron chi connectivity index (χ3n) is 6.52. The van der Waals surface area contributed by atoms with Crippen molar-refractivity contribution in [2.24, 2.45) is 0 Å². The zero-order valence-electron chi connectivity index (χ0n) is 21.4. The zero-order chi connectivity index (χ0) is 24.0. The van der Waals surface area contributed by atoms with Gasteiger partial charge in [0.15, 0.2) is 0 Å². The maximum absolute atomic E-state index is 6.93. The van der Waals surface area contributed by atoms with Crippen molar-refractivity contribution < 1.29 is 8.85 Å². The molecule has 0 aliphatic rings. The lowest BCUT2D eigenvalue weighted by Crippen LogP contribution is -2.66. The van der Waals surface area contributed by atoms with Gasteiger partial charge in [0.05, 0.1) is 5.76 Å². The lowest BCUT2D eigenvalue weighted by molar-refractivity contribution is 0.304. The van der Waals surface area contributed by atoms with Gasteiger partial charge in [-0.25, -0.2) is 0 Å². The second kappa shape index (κ2) is 10.4. The van der Waals surface area contributed by atoms with Gasteiger partial charge in [0.2, 0.25) is 8.32 Å². The standard InChI is InChI=1S/C28H42O2Si2/c1-24(30-31(8,9)27(2,3)4)18-16-17-23-29-32(28(5,6)7,25-19-12-10-13-20-25)26-21-14-11-15-22-26/h10-16,18-22H,1,17,23H2,2-9H3/b18-16+. The van der Waals surface area contributed by atoms with Crippen molar-refractivity contribution in [3.05, 3.63) is 85.2 Å². The van der Waals surface area contributed by atoms with Crippen molar-refractivity contribution in [2.75, 3.05) is 6.61 Å². The van der Waals surface area contributed by atoms with Crippen LogP contribution in [0.1, 0.15) is 48.0 Å². The number of hydrogen-bond donors (Lipinski definition) is 0. The molecule has 2 rings (SSSR count). The molecule has 0 aromatic heterocycles. The van der Waals surface area contributed by atoms with Gasteiger partial charge in [-0.2, -0.15) is 0 Å². The number of allylic oxidation sites excluding steroid dienone is 1. The molecule has 0 N–H and O–H groups in total. The van der Waals surface area contributed by atoms with Crippen LogP contribution in [0.5, 0.6) is 0 Å². The van der Waals surface area contributed by atoms with E-state index >= 15 is 0 Å². The Bertz CT molecular complexity index is 849. The molecule has 0 atom stereocenters. The summed E-state index contributed by atoms with van der Waals surface area (Å²) < 4.78 is 13.2. The van der Waals surface area contributed by atoms with Gasteiger partial charge >= 0.3 is 0 Å². The van der Waals surface area contributed by atoms with E-state index in [0.29, 0.717) is 6.61 Å². The van der Waals surface area contributed by atoms with E-state index in [-0.39, 0.29) is 10.1 Å². The summed E-state index contributed by atoms with van der Waals surface area (Å²) in [5, 5.41) is 2.78. The second-order valence-electron chi connectivity index (χ2n) is 11.0. The Morgan fingerprint density at radius 3 is 1.69 bits per heavy atom. The Balaban J connectivity index is 2.19. The van der Waals surface area contributed by atoms with Gasteiger partial charge in [-0.3, -0.25) is 0 Å². The Hall–Kier alpha value is -1.89. The van der Waals surface area contributed by atoms with Crippen LogP contribution in [0, 0.1) is 0 Å². The molecule has 2 nitrogen and oxygen atoms in total. The van der Waals surface area contributed by atoms with Crippen LogP contribution in [0.25, 0.3) is 0 Å². The predicted octanol–water partition coefficient (Wildman–Crippen LogP) is 7.04. The molecule has 0 fully saturated rings. The molecule has 0 heterocycles. The summed E-state index contributed by atoms with van der Waals surface area (Å²) in [7, 11) is -4.32. The minimum Gasteiger partial charge on any atom is -0.544 e. The highest BCUT2D eigenvalue weighted by atomic mass is 28.4. The Kier molecular flexibility index (Phi) is 8.54. The SMILES string of the molecule is C=C(/C=C/CCO[Si](c1ccccc1)(c1ccccc1)C(C)(C)C)O[Si](C)(C)C(C)(C)C. The molecule has 32 heavy (non-hydrogen) atoms. The smallest absolute Gasteiger partial charge is 0.261 e. The molecular weight excluding hydrogens is 424 g/mol. The fourth-order valence-corrected chi connectivity index (χ4v) is 9.38. The molecule has 0 aliphatic carbocycles. The van der Waals surface area contributed by atoms with Crippen molar-refractivity contribution in [3.8, 4) is 0 Å². The molecule has 2 aromatic carbocycles. The molecule has 0 unspecified atom stereocenters. The van der Waals surface area contributed by atoms with Crippen LogP contribution >= 0.6 is 0 Å². The van der Waals surface area contributed by atoms with Gasteiger partial charge in [0.1, 0.15) is 0 Å². The van der Waals surface area contributed by atoms with Crippen LogP contribution in [-0.2, 0) is 8.85 Å². The molecule has 0 aliphatic heterocycles. The molecule has 0 bridgehead atoms. The largest absolute Gasteiger partial charge is 0.544 e. The van der Waals surface area contributed by atoms with E-state index < -0.39 is 16.6 Å². The summed E-state index contributed by atoms with van der Waals surface area (Å²) in [6.45, 7) is 22.9. The van der Waals surface area contributed by atoms with Crippen LogP contribution in [0.2, 0.25) is 23.2 Å². The van der Waals surface area contributed by atoms with Gasteiger partial charge in [0.25, 0.3) is 8.32 Å². The van der Waals surface area contributed by atoms with Crippen molar-refractivity contribution in [2.45, 2.75) is 71.1 Å². The summed E-state index contributed by atoms with van der Waals surface area (Å²) in [5.74, 6) is 0.752. The highest BCUT2D eigenvalue weighted by Crippen LogP contribution is 2.38. The van der Waals surface area contributed by atoms with E-state index in [1.54, 1.807) is 0 Å².